The first-order chi connectivity index (χ1) is 10.6. The van der Waals surface area contributed by atoms with Gasteiger partial charge in [-0.1, -0.05) is 6.92 Å². The van der Waals surface area contributed by atoms with Gasteiger partial charge in [-0.3, -0.25) is 9.59 Å². The van der Waals surface area contributed by atoms with Crippen LogP contribution in [0, 0.1) is 5.92 Å². The Morgan fingerprint density at radius 2 is 2.09 bits per heavy atom. The van der Waals surface area contributed by atoms with E-state index in [2.05, 4.69) is 22.5 Å². The monoisotopic (exact) mass is 304 g/mol. The Morgan fingerprint density at radius 3 is 2.77 bits per heavy atom. The number of carbonyl (C=O) groups is 2. The van der Waals surface area contributed by atoms with E-state index in [-0.39, 0.29) is 11.8 Å². The molecule has 0 spiro atoms. The van der Waals surface area contributed by atoms with Gasteiger partial charge in [0.2, 0.25) is 5.91 Å². The SMILES string of the molecule is CNc1ncccc1C(=O)NCCC(=O)N1CCC(C)CC1. The van der Waals surface area contributed by atoms with E-state index >= 15 is 0 Å². The number of rotatable bonds is 5. The quantitative estimate of drug-likeness (QED) is 0.864. The van der Waals surface area contributed by atoms with Gasteiger partial charge in [-0.15, -0.1) is 0 Å². The average molecular weight is 304 g/mol. The highest BCUT2D eigenvalue weighted by Gasteiger charge is 2.20. The third-order valence-corrected chi connectivity index (χ3v) is 4.05. The van der Waals surface area contributed by atoms with Crippen molar-refractivity contribution in [3.05, 3.63) is 23.9 Å². The average Bonchev–Trinajstić information content (AvgIpc) is 2.55. The summed E-state index contributed by atoms with van der Waals surface area (Å²) >= 11 is 0. The minimum Gasteiger partial charge on any atom is -0.372 e. The molecule has 1 aliphatic rings. The lowest BCUT2D eigenvalue weighted by Gasteiger charge is -2.30. The standard InChI is InChI=1S/C16H24N4O2/c1-12-6-10-20(11-7-12)14(21)5-9-19-16(22)13-4-3-8-18-15(13)17-2/h3-4,8,12H,5-7,9-11H2,1-2H3,(H,17,18)(H,19,22). The van der Waals surface area contributed by atoms with Crippen molar-refractivity contribution >= 4 is 17.6 Å². The van der Waals surface area contributed by atoms with Crippen LogP contribution < -0.4 is 10.6 Å². The van der Waals surface area contributed by atoms with E-state index in [0.29, 0.717) is 30.3 Å². The topological polar surface area (TPSA) is 74.3 Å². The van der Waals surface area contributed by atoms with Crippen LogP contribution >= 0.6 is 0 Å². The molecule has 6 heteroatoms. The molecule has 0 unspecified atom stereocenters. The Hall–Kier alpha value is -2.11. The van der Waals surface area contributed by atoms with E-state index in [1.807, 2.05) is 4.90 Å². The number of anilines is 1. The van der Waals surface area contributed by atoms with Crippen molar-refractivity contribution in [1.82, 2.24) is 15.2 Å². The number of piperidine rings is 1. The van der Waals surface area contributed by atoms with Crippen LogP contribution in [-0.4, -0.2) is 48.4 Å². The summed E-state index contributed by atoms with van der Waals surface area (Å²) in [5, 5.41) is 5.67. The molecule has 0 saturated carbocycles. The maximum Gasteiger partial charge on any atom is 0.255 e. The van der Waals surface area contributed by atoms with E-state index in [1.54, 1.807) is 25.4 Å². The summed E-state index contributed by atoms with van der Waals surface area (Å²) in [6.07, 6.45) is 4.11. The lowest BCUT2D eigenvalue weighted by molar-refractivity contribution is -0.132. The Morgan fingerprint density at radius 1 is 1.36 bits per heavy atom. The van der Waals surface area contributed by atoms with Crippen LogP contribution in [0.2, 0.25) is 0 Å². The van der Waals surface area contributed by atoms with Crippen molar-refractivity contribution in [3.8, 4) is 0 Å². The Labute approximate surface area is 131 Å². The molecule has 1 aromatic heterocycles. The summed E-state index contributed by atoms with van der Waals surface area (Å²) in [6.45, 7) is 4.23. The number of hydrogen-bond donors (Lipinski definition) is 2. The smallest absolute Gasteiger partial charge is 0.255 e. The second kappa shape index (κ2) is 7.77. The van der Waals surface area contributed by atoms with Gasteiger partial charge in [-0.25, -0.2) is 4.98 Å². The predicted molar refractivity (Wildman–Crippen MR) is 85.7 cm³/mol. The number of nitrogens with zero attached hydrogens (tertiary/aromatic N) is 2. The molecule has 1 aromatic rings. The zero-order valence-electron chi connectivity index (χ0n) is 13.3. The summed E-state index contributed by atoms with van der Waals surface area (Å²) in [5.41, 5.74) is 0.490. The van der Waals surface area contributed by atoms with Crippen LogP contribution in [0.25, 0.3) is 0 Å². The molecule has 1 fully saturated rings. The van der Waals surface area contributed by atoms with E-state index in [1.165, 1.54) is 0 Å². The van der Waals surface area contributed by atoms with E-state index in [4.69, 9.17) is 0 Å². The molecule has 22 heavy (non-hydrogen) atoms. The fourth-order valence-corrected chi connectivity index (χ4v) is 2.58. The summed E-state index contributed by atoms with van der Waals surface area (Å²) in [4.78, 5) is 30.2. The Kier molecular flexibility index (Phi) is 5.75. The van der Waals surface area contributed by atoms with Gasteiger partial charge in [-0.2, -0.15) is 0 Å². The molecule has 120 valence electrons. The van der Waals surface area contributed by atoms with Gasteiger partial charge in [0, 0.05) is 39.3 Å². The van der Waals surface area contributed by atoms with Crippen molar-refractivity contribution < 1.29 is 9.59 Å². The lowest BCUT2D eigenvalue weighted by atomic mass is 9.99. The molecular weight excluding hydrogens is 280 g/mol. The van der Waals surface area contributed by atoms with E-state index in [0.717, 1.165) is 25.9 Å². The molecule has 2 heterocycles. The molecular formula is C16H24N4O2. The number of nitrogens with one attached hydrogen (secondary N) is 2. The van der Waals surface area contributed by atoms with Crippen LogP contribution in [0.15, 0.2) is 18.3 Å². The van der Waals surface area contributed by atoms with E-state index in [9.17, 15) is 9.59 Å². The molecule has 2 rings (SSSR count). The first kappa shape index (κ1) is 16.3. The van der Waals surface area contributed by atoms with Crippen molar-refractivity contribution in [3.63, 3.8) is 0 Å². The number of carbonyl (C=O) groups excluding carboxylic acids is 2. The predicted octanol–water partition coefficient (Wildman–Crippen LogP) is 1.50. The summed E-state index contributed by atoms with van der Waals surface area (Å²) in [5.74, 6) is 1.15. The maximum atomic E-state index is 12.1. The fourth-order valence-electron chi connectivity index (χ4n) is 2.58. The highest BCUT2D eigenvalue weighted by Crippen LogP contribution is 2.16. The van der Waals surface area contributed by atoms with Crippen molar-refractivity contribution in [1.29, 1.82) is 0 Å². The summed E-state index contributed by atoms with van der Waals surface area (Å²) in [6, 6.07) is 3.43. The van der Waals surface area contributed by atoms with Gasteiger partial charge in [0.05, 0.1) is 5.56 Å². The van der Waals surface area contributed by atoms with Crippen LogP contribution in [0.1, 0.15) is 36.5 Å². The molecule has 1 aliphatic heterocycles. The van der Waals surface area contributed by atoms with Gasteiger partial charge >= 0.3 is 0 Å². The number of aromatic nitrogens is 1. The third kappa shape index (κ3) is 4.19. The maximum absolute atomic E-state index is 12.1. The van der Waals surface area contributed by atoms with Gasteiger partial charge in [0.15, 0.2) is 0 Å². The molecule has 0 aromatic carbocycles. The minimum absolute atomic E-state index is 0.118. The molecule has 6 nitrogen and oxygen atoms in total. The van der Waals surface area contributed by atoms with Crippen LogP contribution in [-0.2, 0) is 4.79 Å². The second-order valence-electron chi connectivity index (χ2n) is 5.72. The Bertz CT molecular complexity index is 525. The van der Waals surface area contributed by atoms with Crippen LogP contribution in [0.3, 0.4) is 0 Å². The first-order valence-corrected chi connectivity index (χ1v) is 7.80. The molecule has 0 bridgehead atoms. The van der Waals surface area contributed by atoms with Gasteiger partial charge < -0.3 is 15.5 Å². The molecule has 0 atom stereocenters. The summed E-state index contributed by atoms with van der Waals surface area (Å²) in [7, 11) is 1.72. The van der Waals surface area contributed by atoms with E-state index < -0.39 is 0 Å². The Balaban J connectivity index is 1.78. The summed E-state index contributed by atoms with van der Waals surface area (Å²) < 4.78 is 0. The number of likely N-dealkylation sites (tertiary alicyclic amines) is 1. The number of pyridine rings is 1. The van der Waals surface area contributed by atoms with Gasteiger partial charge in [0.25, 0.3) is 5.91 Å². The third-order valence-electron chi connectivity index (χ3n) is 4.05. The zero-order chi connectivity index (χ0) is 15.9. The molecule has 0 aliphatic carbocycles. The highest BCUT2D eigenvalue weighted by molar-refractivity contribution is 5.98. The zero-order valence-corrected chi connectivity index (χ0v) is 13.3. The second-order valence-corrected chi connectivity index (χ2v) is 5.72. The lowest BCUT2D eigenvalue weighted by Crippen LogP contribution is -2.39. The first-order valence-electron chi connectivity index (χ1n) is 7.80. The normalized spacial score (nSPS) is 15.5. The van der Waals surface area contributed by atoms with Crippen LogP contribution in [0.4, 0.5) is 5.82 Å². The molecule has 2 N–H and O–H groups in total. The fraction of sp³-hybridized carbons (Fsp3) is 0.562. The van der Waals surface area contributed by atoms with Crippen molar-refractivity contribution in [2.24, 2.45) is 5.92 Å². The van der Waals surface area contributed by atoms with Crippen molar-refractivity contribution in [2.75, 3.05) is 32.0 Å². The van der Waals surface area contributed by atoms with Gasteiger partial charge in [0.1, 0.15) is 5.82 Å². The number of amides is 2. The van der Waals surface area contributed by atoms with Gasteiger partial charge in [-0.05, 0) is 30.9 Å². The largest absolute Gasteiger partial charge is 0.372 e. The number of hydrogen-bond acceptors (Lipinski definition) is 4. The van der Waals surface area contributed by atoms with Crippen molar-refractivity contribution in [2.45, 2.75) is 26.2 Å². The highest BCUT2D eigenvalue weighted by atomic mass is 16.2. The molecule has 1 saturated heterocycles. The minimum atomic E-state index is -0.211. The van der Waals surface area contributed by atoms with Crippen LogP contribution in [0.5, 0.6) is 0 Å². The molecule has 2 amide bonds. The molecule has 0 radical (unpaired) electrons.